The van der Waals surface area contributed by atoms with E-state index in [9.17, 15) is 14.0 Å². The van der Waals surface area contributed by atoms with Crippen LogP contribution in [0.15, 0.2) is 42.5 Å². The third-order valence-corrected chi connectivity index (χ3v) is 7.77. The van der Waals surface area contributed by atoms with Crippen LogP contribution in [0.4, 0.5) is 15.2 Å². The Morgan fingerprint density at radius 2 is 2.00 bits per heavy atom. The molecular weight excluding hydrogens is 495 g/mol. The molecule has 0 N–H and O–H groups in total. The van der Waals surface area contributed by atoms with Crippen molar-refractivity contribution in [2.24, 2.45) is 5.92 Å². The van der Waals surface area contributed by atoms with Gasteiger partial charge in [0.15, 0.2) is 5.13 Å². The van der Waals surface area contributed by atoms with Gasteiger partial charge in [0.05, 0.1) is 36.0 Å². The fourth-order valence-electron chi connectivity index (χ4n) is 4.81. The lowest BCUT2D eigenvalue weighted by atomic mass is 10.1. The number of hydrogen-bond acceptors (Lipinski definition) is 7. The van der Waals surface area contributed by atoms with E-state index in [1.807, 2.05) is 25.1 Å². The van der Waals surface area contributed by atoms with Gasteiger partial charge in [-0.2, -0.15) is 0 Å². The predicted molar refractivity (Wildman–Crippen MR) is 142 cm³/mol. The Labute approximate surface area is 219 Å². The second-order valence-electron chi connectivity index (χ2n) is 9.24. The summed E-state index contributed by atoms with van der Waals surface area (Å²) < 4.78 is 25.4. The molecule has 1 atom stereocenters. The van der Waals surface area contributed by atoms with Gasteiger partial charge in [-0.15, -0.1) is 0 Å². The molecule has 2 aliphatic rings. The van der Waals surface area contributed by atoms with Crippen LogP contribution < -0.4 is 14.5 Å². The van der Waals surface area contributed by atoms with Crippen molar-refractivity contribution in [3.8, 4) is 5.75 Å². The Balaban J connectivity index is 1.36. The van der Waals surface area contributed by atoms with Crippen molar-refractivity contribution in [3.63, 3.8) is 0 Å². The largest absolute Gasteiger partial charge is 0.494 e. The van der Waals surface area contributed by atoms with E-state index >= 15 is 0 Å². The zero-order chi connectivity index (χ0) is 25.8. The number of carbonyl (C=O) groups is 2. The maximum absolute atomic E-state index is 13.8. The van der Waals surface area contributed by atoms with Crippen LogP contribution in [0.3, 0.4) is 0 Å². The monoisotopic (exact) mass is 526 g/mol. The highest BCUT2D eigenvalue weighted by Gasteiger charge is 2.38. The van der Waals surface area contributed by atoms with Gasteiger partial charge in [0, 0.05) is 44.8 Å². The van der Waals surface area contributed by atoms with Crippen molar-refractivity contribution in [3.05, 3.63) is 48.3 Å². The molecule has 1 unspecified atom stereocenters. The van der Waals surface area contributed by atoms with Gasteiger partial charge in [-0.25, -0.2) is 9.37 Å². The highest BCUT2D eigenvalue weighted by atomic mass is 32.1. The molecule has 3 aromatic rings. The lowest BCUT2D eigenvalue weighted by Gasteiger charge is -2.28. The first-order valence-electron chi connectivity index (χ1n) is 12.7. The molecule has 2 saturated heterocycles. The molecule has 0 aliphatic carbocycles. The molecule has 0 bridgehead atoms. The molecule has 3 heterocycles. The summed E-state index contributed by atoms with van der Waals surface area (Å²) in [5.74, 6) is -0.329. The molecule has 1 aromatic heterocycles. The first-order valence-corrected chi connectivity index (χ1v) is 13.5. The summed E-state index contributed by atoms with van der Waals surface area (Å²) in [6.07, 6.45) is 0.907. The number of aromatic nitrogens is 1. The topological polar surface area (TPSA) is 75.2 Å². The molecule has 2 aromatic carbocycles. The number of ether oxygens (including phenoxy) is 2. The molecule has 0 saturated carbocycles. The average Bonchev–Trinajstić information content (AvgIpc) is 3.51. The summed E-state index contributed by atoms with van der Waals surface area (Å²) in [7, 11) is 0. The van der Waals surface area contributed by atoms with Gasteiger partial charge in [0.2, 0.25) is 11.8 Å². The van der Waals surface area contributed by atoms with E-state index in [2.05, 4.69) is 4.90 Å². The first-order chi connectivity index (χ1) is 18.0. The van der Waals surface area contributed by atoms with Crippen molar-refractivity contribution < 1.29 is 23.5 Å². The Morgan fingerprint density at radius 1 is 1.22 bits per heavy atom. The smallest absolute Gasteiger partial charge is 0.234 e. The van der Waals surface area contributed by atoms with Gasteiger partial charge >= 0.3 is 0 Å². The molecule has 2 amide bonds. The van der Waals surface area contributed by atoms with Crippen LogP contribution in [0.25, 0.3) is 10.2 Å². The summed E-state index contributed by atoms with van der Waals surface area (Å²) in [6, 6.07) is 11.5. The van der Waals surface area contributed by atoms with Crippen molar-refractivity contribution in [1.29, 1.82) is 0 Å². The number of nitrogens with zero attached hydrogens (tertiary/aromatic N) is 4. The summed E-state index contributed by atoms with van der Waals surface area (Å²) in [5, 5.41) is 0.628. The van der Waals surface area contributed by atoms with Crippen molar-refractivity contribution in [2.45, 2.75) is 19.8 Å². The summed E-state index contributed by atoms with van der Waals surface area (Å²) in [6.45, 7) is 7.38. The molecule has 0 radical (unpaired) electrons. The number of carbonyl (C=O) groups excluding carboxylic acids is 2. The fourth-order valence-corrected chi connectivity index (χ4v) is 5.83. The third kappa shape index (κ3) is 5.92. The number of anilines is 2. The first kappa shape index (κ1) is 25.6. The van der Waals surface area contributed by atoms with Crippen LogP contribution in [0, 0.1) is 11.7 Å². The number of rotatable bonds is 9. The fraction of sp³-hybridized carbons (Fsp3) is 0.444. The highest BCUT2D eigenvalue weighted by molar-refractivity contribution is 7.22. The minimum atomic E-state index is -0.494. The van der Waals surface area contributed by atoms with Crippen LogP contribution in [0.5, 0.6) is 5.75 Å². The SMILES string of the molecule is CCOc1ccc2nc(N(CCCN3CCOCC3)C(=O)C3CC(=O)N(c4ccc(F)cc4)C3)sc2c1. The third-order valence-electron chi connectivity index (χ3n) is 6.73. The van der Waals surface area contributed by atoms with Gasteiger partial charge in [0.25, 0.3) is 0 Å². The maximum Gasteiger partial charge on any atom is 0.234 e. The van der Waals surface area contributed by atoms with Crippen molar-refractivity contribution in [1.82, 2.24) is 9.88 Å². The zero-order valence-corrected chi connectivity index (χ0v) is 21.7. The van der Waals surface area contributed by atoms with Crippen molar-refractivity contribution >= 4 is 44.2 Å². The molecule has 196 valence electrons. The van der Waals surface area contributed by atoms with Gasteiger partial charge in [-0.3, -0.25) is 19.4 Å². The maximum atomic E-state index is 13.8. The lowest BCUT2D eigenvalue weighted by molar-refractivity contribution is -0.124. The minimum absolute atomic E-state index is 0.107. The standard InChI is InChI=1S/C27H31FN4O4S/c1-2-36-22-8-9-23-24(17-22)37-27(29-23)31(11-3-10-30-12-14-35-15-13-30)26(34)19-16-25(33)32(18-19)21-6-4-20(28)5-7-21/h4-9,17,19H,2-3,10-16,18H2,1H3. The molecular formula is C27H31FN4O4S. The van der Waals surface area contributed by atoms with E-state index in [4.69, 9.17) is 14.5 Å². The summed E-state index contributed by atoms with van der Waals surface area (Å²) in [5.41, 5.74) is 1.41. The van der Waals surface area contributed by atoms with Crippen molar-refractivity contribution in [2.75, 3.05) is 62.3 Å². The summed E-state index contributed by atoms with van der Waals surface area (Å²) in [4.78, 5) is 37.1. The quantitative estimate of drug-likeness (QED) is 0.421. The highest BCUT2D eigenvalue weighted by Crippen LogP contribution is 2.34. The molecule has 37 heavy (non-hydrogen) atoms. The second-order valence-corrected chi connectivity index (χ2v) is 10.2. The minimum Gasteiger partial charge on any atom is -0.494 e. The van der Waals surface area contributed by atoms with Gasteiger partial charge in [-0.05, 0) is 55.8 Å². The number of benzene rings is 2. The Kier molecular flexibility index (Phi) is 7.97. The van der Waals surface area contributed by atoms with E-state index in [1.165, 1.54) is 23.5 Å². The lowest BCUT2D eigenvalue weighted by Crippen LogP contribution is -2.41. The van der Waals surface area contributed by atoms with E-state index < -0.39 is 5.92 Å². The molecule has 5 rings (SSSR count). The Bertz CT molecular complexity index is 1240. The van der Waals surface area contributed by atoms with Gasteiger partial charge in [0.1, 0.15) is 11.6 Å². The number of morpholine rings is 1. The number of thiazole rings is 1. The molecule has 10 heteroatoms. The zero-order valence-electron chi connectivity index (χ0n) is 20.9. The van der Waals surface area contributed by atoms with Crippen LogP contribution >= 0.6 is 11.3 Å². The molecule has 0 spiro atoms. The predicted octanol–water partition coefficient (Wildman–Crippen LogP) is 3.94. The Morgan fingerprint density at radius 3 is 2.76 bits per heavy atom. The number of halogens is 1. The van der Waals surface area contributed by atoms with Gasteiger partial charge in [-0.1, -0.05) is 11.3 Å². The van der Waals surface area contributed by atoms with E-state index in [0.717, 1.165) is 55.2 Å². The molecule has 2 aliphatic heterocycles. The van der Waals surface area contributed by atoms with Crippen LogP contribution in [0.1, 0.15) is 19.8 Å². The second kappa shape index (κ2) is 11.5. The van der Waals surface area contributed by atoms with E-state index in [1.54, 1.807) is 21.9 Å². The van der Waals surface area contributed by atoms with E-state index in [0.29, 0.717) is 24.0 Å². The van der Waals surface area contributed by atoms with Crippen LogP contribution in [-0.2, 0) is 14.3 Å². The number of amides is 2. The normalized spacial score (nSPS) is 18.5. The number of hydrogen-bond donors (Lipinski definition) is 0. The van der Waals surface area contributed by atoms with E-state index in [-0.39, 0.29) is 30.6 Å². The van der Waals surface area contributed by atoms with Gasteiger partial charge < -0.3 is 14.4 Å². The molecule has 8 nitrogen and oxygen atoms in total. The average molecular weight is 527 g/mol. The van der Waals surface area contributed by atoms with Crippen LogP contribution in [0.2, 0.25) is 0 Å². The number of fused-ring (bicyclic) bond motifs is 1. The Hall–Kier alpha value is -3.08. The molecule has 2 fully saturated rings. The van der Waals surface area contributed by atoms with Crippen LogP contribution in [-0.4, -0.2) is 74.2 Å². The summed E-state index contributed by atoms with van der Waals surface area (Å²) >= 11 is 1.46.